The highest BCUT2D eigenvalue weighted by Crippen LogP contribution is 2.29. The van der Waals surface area contributed by atoms with Crippen molar-refractivity contribution in [2.75, 3.05) is 7.05 Å². The molecule has 0 fully saturated rings. The summed E-state index contributed by atoms with van der Waals surface area (Å²) >= 11 is 5.95. The number of nitrogens with zero attached hydrogens (tertiary/aromatic N) is 1. The van der Waals surface area contributed by atoms with Crippen LogP contribution in [-0.2, 0) is 0 Å². The third kappa shape index (κ3) is 2.28. The van der Waals surface area contributed by atoms with Gasteiger partial charge >= 0.3 is 0 Å². The molecule has 0 amide bonds. The summed E-state index contributed by atoms with van der Waals surface area (Å²) in [5.41, 5.74) is 1.01. The Hall–Kier alpha value is -1.91. The Labute approximate surface area is 120 Å². The smallest absolute Gasteiger partial charge is 0.146 e. The van der Waals surface area contributed by atoms with Crippen LogP contribution in [0, 0.1) is 5.82 Å². The molecule has 2 heterocycles. The first-order valence-corrected chi connectivity index (χ1v) is 6.53. The van der Waals surface area contributed by atoms with Gasteiger partial charge in [0.2, 0.25) is 0 Å². The standard InChI is InChI=1S/C15H12ClFN2O/c1-18-15(14-11(17)3-2-6-19-14)13-8-9-7-10(16)4-5-12(9)20-13/h2-8,15,18H,1H3. The Bertz CT molecular complexity index is 756. The van der Waals surface area contributed by atoms with Crippen molar-refractivity contribution in [1.82, 2.24) is 10.3 Å². The zero-order valence-corrected chi connectivity index (χ0v) is 11.5. The minimum atomic E-state index is -0.442. The molecule has 0 bridgehead atoms. The van der Waals surface area contributed by atoms with Gasteiger partial charge in [0.1, 0.15) is 28.9 Å². The minimum Gasteiger partial charge on any atom is -0.459 e. The normalized spacial score (nSPS) is 12.8. The van der Waals surface area contributed by atoms with Gasteiger partial charge in [-0.1, -0.05) is 11.6 Å². The quantitative estimate of drug-likeness (QED) is 0.794. The number of pyridine rings is 1. The lowest BCUT2D eigenvalue weighted by atomic mass is 10.1. The minimum absolute atomic E-state index is 0.306. The zero-order valence-electron chi connectivity index (χ0n) is 10.7. The Balaban J connectivity index is 2.10. The molecule has 0 aliphatic heterocycles. The average Bonchev–Trinajstić information content (AvgIpc) is 2.84. The molecular weight excluding hydrogens is 279 g/mol. The lowest BCUT2D eigenvalue weighted by Gasteiger charge is -2.13. The molecule has 1 N–H and O–H groups in total. The van der Waals surface area contributed by atoms with Gasteiger partial charge in [-0.3, -0.25) is 4.98 Å². The van der Waals surface area contributed by atoms with E-state index in [1.165, 1.54) is 6.07 Å². The molecule has 20 heavy (non-hydrogen) atoms. The van der Waals surface area contributed by atoms with E-state index in [0.29, 0.717) is 22.1 Å². The van der Waals surface area contributed by atoms with E-state index in [1.807, 2.05) is 12.1 Å². The van der Waals surface area contributed by atoms with Crippen LogP contribution in [0.1, 0.15) is 17.5 Å². The van der Waals surface area contributed by atoms with Gasteiger partial charge < -0.3 is 9.73 Å². The fourth-order valence-electron chi connectivity index (χ4n) is 2.20. The van der Waals surface area contributed by atoms with Crippen molar-refractivity contribution >= 4 is 22.6 Å². The number of benzene rings is 1. The fourth-order valence-corrected chi connectivity index (χ4v) is 2.38. The van der Waals surface area contributed by atoms with Gasteiger partial charge in [-0.05, 0) is 43.4 Å². The molecule has 0 aliphatic rings. The second-order valence-electron chi connectivity index (χ2n) is 4.42. The van der Waals surface area contributed by atoms with E-state index in [-0.39, 0.29) is 5.82 Å². The third-order valence-corrected chi connectivity index (χ3v) is 3.37. The van der Waals surface area contributed by atoms with Crippen molar-refractivity contribution < 1.29 is 8.81 Å². The summed E-state index contributed by atoms with van der Waals surface area (Å²) in [6.45, 7) is 0. The maximum absolute atomic E-state index is 13.9. The molecular formula is C15H12ClFN2O. The molecule has 3 rings (SSSR count). The van der Waals surface area contributed by atoms with Crippen molar-refractivity contribution in [1.29, 1.82) is 0 Å². The monoisotopic (exact) mass is 290 g/mol. The molecule has 1 atom stereocenters. The van der Waals surface area contributed by atoms with E-state index in [9.17, 15) is 4.39 Å². The lowest BCUT2D eigenvalue weighted by molar-refractivity contribution is 0.468. The number of fused-ring (bicyclic) bond motifs is 1. The summed E-state index contributed by atoms with van der Waals surface area (Å²) in [4.78, 5) is 4.09. The predicted molar refractivity (Wildman–Crippen MR) is 76.3 cm³/mol. The summed E-state index contributed by atoms with van der Waals surface area (Å²) < 4.78 is 19.6. The largest absolute Gasteiger partial charge is 0.459 e. The predicted octanol–water partition coefficient (Wildman–Crippen LogP) is 3.93. The van der Waals surface area contributed by atoms with Crippen molar-refractivity contribution in [2.45, 2.75) is 6.04 Å². The van der Waals surface area contributed by atoms with Gasteiger partial charge in [0.15, 0.2) is 0 Å². The van der Waals surface area contributed by atoms with E-state index >= 15 is 0 Å². The third-order valence-electron chi connectivity index (χ3n) is 3.13. The number of hydrogen-bond donors (Lipinski definition) is 1. The maximum Gasteiger partial charge on any atom is 0.146 e. The van der Waals surface area contributed by atoms with Gasteiger partial charge in [-0.15, -0.1) is 0 Å². The first-order valence-electron chi connectivity index (χ1n) is 6.15. The second-order valence-corrected chi connectivity index (χ2v) is 4.86. The molecule has 0 saturated carbocycles. The van der Waals surface area contributed by atoms with E-state index in [2.05, 4.69) is 10.3 Å². The Morgan fingerprint density at radius 1 is 1.30 bits per heavy atom. The highest BCUT2D eigenvalue weighted by Gasteiger charge is 2.21. The van der Waals surface area contributed by atoms with Gasteiger partial charge in [-0.25, -0.2) is 4.39 Å². The Morgan fingerprint density at radius 2 is 2.15 bits per heavy atom. The highest BCUT2D eigenvalue weighted by atomic mass is 35.5. The molecule has 0 saturated heterocycles. The molecule has 0 radical (unpaired) electrons. The Morgan fingerprint density at radius 3 is 2.90 bits per heavy atom. The van der Waals surface area contributed by atoms with Crippen LogP contribution in [0.3, 0.4) is 0 Å². The summed E-state index contributed by atoms with van der Waals surface area (Å²) in [6, 6.07) is 9.70. The summed E-state index contributed by atoms with van der Waals surface area (Å²) in [5.74, 6) is 0.229. The van der Waals surface area contributed by atoms with Crippen LogP contribution < -0.4 is 5.32 Å². The summed E-state index contributed by atoms with van der Waals surface area (Å²) in [7, 11) is 1.74. The molecule has 1 aromatic carbocycles. The number of nitrogens with one attached hydrogen (secondary N) is 1. The Kier molecular flexibility index (Phi) is 3.42. The molecule has 1 unspecified atom stereocenters. The van der Waals surface area contributed by atoms with Crippen LogP contribution in [0.15, 0.2) is 47.0 Å². The lowest BCUT2D eigenvalue weighted by Crippen LogP contribution is -2.19. The van der Waals surface area contributed by atoms with Gasteiger partial charge in [0.05, 0.1) is 0 Å². The number of hydrogen-bond acceptors (Lipinski definition) is 3. The van der Waals surface area contributed by atoms with Crippen LogP contribution in [0.5, 0.6) is 0 Å². The van der Waals surface area contributed by atoms with E-state index in [1.54, 1.807) is 31.4 Å². The molecule has 0 aliphatic carbocycles. The van der Waals surface area contributed by atoms with Crippen LogP contribution in [0.2, 0.25) is 5.02 Å². The molecule has 0 spiro atoms. The van der Waals surface area contributed by atoms with Crippen molar-refractivity contribution in [2.24, 2.45) is 0 Å². The van der Waals surface area contributed by atoms with Crippen LogP contribution in [-0.4, -0.2) is 12.0 Å². The maximum atomic E-state index is 13.9. The van der Waals surface area contributed by atoms with Gasteiger partial charge in [0.25, 0.3) is 0 Å². The number of furan rings is 1. The van der Waals surface area contributed by atoms with Crippen LogP contribution in [0.25, 0.3) is 11.0 Å². The van der Waals surface area contributed by atoms with Crippen molar-refractivity contribution in [3.63, 3.8) is 0 Å². The average molecular weight is 291 g/mol. The van der Waals surface area contributed by atoms with Gasteiger partial charge in [0, 0.05) is 16.6 Å². The van der Waals surface area contributed by atoms with E-state index in [0.717, 1.165) is 5.39 Å². The summed E-state index contributed by atoms with van der Waals surface area (Å²) in [5, 5.41) is 4.53. The van der Waals surface area contributed by atoms with E-state index < -0.39 is 6.04 Å². The SMILES string of the molecule is CNC(c1cc2cc(Cl)ccc2o1)c1ncccc1F. The fraction of sp³-hybridized carbons (Fsp3) is 0.133. The molecule has 2 aromatic heterocycles. The number of rotatable bonds is 3. The highest BCUT2D eigenvalue weighted by molar-refractivity contribution is 6.31. The topological polar surface area (TPSA) is 38.1 Å². The van der Waals surface area contributed by atoms with Crippen LogP contribution in [0.4, 0.5) is 4.39 Å². The molecule has 3 nitrogen and oxygen atoms in total. The second kappa shape index (κ2) is 5.23. The van der Waals surface area contributed by atoms with Gasteiger partial charge in [-0.2, -0.15) is 0 Å². The van der Waals surface area contributed by atoms with Crippen molar-refractivity contribution in [3.05, 3.63) is 64.9 Å². The van der Waals surface area contributed by atoms with Crippen molar-refractivity contribution in [3.8, 4) is 0 Å². The van der Waals surface area contributed by atoms with Crippen LogP contribution >= 0.6 is 11.6 Å². The number of aromatic nitrogens is 1. The summed E-state index contributed by atoms with van der Waals surface area (Å²) in [6.07, 6.45) is 1.56. The zero-order chi connectivity index (χ0) is 14.1. The molecule has 5 heteroatoms. The first-order chi connectivity index (χ1) is 9.69. The number of halogens is 2. The molecule has 102 valence electrons. The first kappa shape index (κ1) is 13.1. The van der Waals surface area contributed by atoms with E-state index in [4.69, 9.17) is 16.0 Å². The molecule has 3 aromatic rings.